The number of anilines is 3. The van der Waals surface area contributed by atoms with Crippen molar-refractivity contribution in [3.05, 3.63) is 88.4 Å². The van der Waals surface area contributed by atoms with Crippen molar-refractivity contribution in [3.63, 3.8) is 0 Å². The van der Waals surface area contributed by atoms with Crippen LogP contribution in [0.25, 0.3) is 17.0 Å². The van der Waals surface area contributed by atoms with Crippen molar-refractivity contribution in [1.29, 1.82) is 0 Å². The third-order valence-electron chi connectivity index (χ3n) is 6.99. The van der Waals surface area contributed by atoms with Gasteiger partial charge in [-0.2, -0.15) is 0 Å². The third-order valence-corrected chi connectivity index (χ3v) is 9.30. The van der Waals surface area contributed by atoms with Gasteiger partial charge in [-0.25, -0.2) is 18.7 Å². The largest absolute Gasteiger partial charge is 0.400 e. The zero-order valence-electron chi connectivity index (χ0n) is 26.7. The summed E-state index contributed by atoms with van der Waals surface area (Å²) < 4.78 is 31.3. The fourth-order valence-electron chi connectivity index (χ4n) is 4.64. The molecule has 2 aromatic carbocycles. The molecule has 4 N–H and O–H groups in total. The van der Waals surface area contributed by atoms with Crippen LogP contribution in [0.15, 0.2) is 81.8 Å². The summed E-state index contributed by atoms with van der Waals surface area (Å²) in [5.41, 5.74) is 3.82. The molecule has 0 amide bonds. The maximum Gasteiger partial charge on any atom is 0.141 e. The predicted molar refractivity (Wildman–Crippen MR) is 194 cm³/mol. The van der Waals surface area contributed by atoms with Gasteiger partial charge in [0.15, 0.2) is 0 Å². The summed E-state index contributed by atoms with van der Waals surface area (Å²) in [6.45, 7) is 12.3. The Kier molecular flexibility index (Phi) is 13.8. The highest BCUT2D eigenvalue weighted by Gasteiger charge is 2.18. The van der Waals surface area contributed by atoms with Gasteiger partial charge in [0.25, 0.3) is 0 Å². The second-order valence-corrected chi connectivity index (χ2v) is 12.4. The third kappa shape index (κ3) is 9.91. The molecule has 0 bridgehead atoms. The number of aliphatic imine (C=N–C) groups is 2. The van der Waals surface area contributed by atoms with Gasteiger partial charge in [-0.05, 0) is 74.1 Å². The molecule has 0 radical (unpaired) electrons. The average Bonchev–Trinajstić information content (AvgIpc) is 3.36. The zero-order valence-corrected chi connectivity index (χ0v) is 28.3. The van der Waals surface area contributed by atoms with Crippen molar-refractivity contribution in [2.24, 2.45) is 9.98 Å². The fraction of sp³-hybridized carbons (Fsp3) is 0.294. The van der Waals surface area contributed by atoms with Crippen molar-refractivity contribution in [2.45, 2.75) is 31.1 Å². The number of benzene rings is 2. The van der Waals surface area contributed by atoms with Crippen LogP contribution in [0.4, 0.5) is 26.0 Å². The van der Waals surface area contributed by atoms with E-state index in [4.69, 9.17) is 10.1 Å². The molecule has 0 atom stereocenters. The van der Waals surface area contributed by atoms with Crippen LogP contribution in [-0.4, -0.2) is 68.0 Å². The minimum absolute atomic E-state index is 0.0898. The molecule has 13 heteroatoms. The number of pyridine rings is 1. The van der Waals surface area contributed by atoms with Crippen molar-refractivity contribution in [1.82, 2.24) is 15.3 Å². The lowest BCUT2D eigenvalue weighted by Crippen LogP contribution is -2.28. The van der Waals surface area contributed by atoms with Crippen LogP contribution in [0.3, 0.4) is 0 Å². The van der Waals surface area contributed by atoms with Crippen molar-refractivity contribution >= 4 is 59.1 Å². The maximum absolute atomic E-state index is 14.1. The van der Waals surface area contributed by atoms with Gasteiger partial charge in [0.05, 0.1) is 38.1 Å². The second kappa shape index (κ2) is 18.2. The number of aliphatic hydroxyl groups is 1. The lowest BCUT2D eigenvalue weighted by molar-refractivity contribution is 0.399. The summed E-state index contributed by atoms with van der Waals surface area (Å²) in [4.78, 5) is 21.4. The number of aliphatic hydroxyl groups excluding tert-OH is 1. The maximum atomic E-state index is 14.1. The molecule has 0 aliphatic carbocycles. The first-order valence-corrected chi connectivity index (χ1v) is 16.8. The Hall–Kier alpha value is -4.17. The van der Waals surface area contributed by atoms with Crippen molar-refractivity contribution in [2.75, 3.05) is 54.9 Å². The molecule has 4 aromatic rings. The lowest BCUT2D eigenvalue weighted by atomic mass is 10.1. The van der Waals surface area contributed by atoms with Gasteiger partial charge in [-0.15, -0.1) is 11.3 Å². The van der Waals surface area contributed by atoms with E-state index in [0.29, 0.717) is 18.1 Å². The first kappa shape index (κ1) is 35.7. The van der Waals surface area contributed by atoms with Crippen LogP contribution in [0.2, 0.25) is 0 Å². The van der Waals surface area contributed by atoms with E-state index in [1.165, 1.54) is 18.2 Å². The first-order valence-electron chi connectivity index (χ1n) is 15.2. The second-order valence-electron chi connectivity index (χ2n) is 10.6. The van der Waals surface area contributed by atoms with Crippen molar-refractivity contribution in [3.8, 4) is 11.3 Å². The highest BCUT2D eigenvalue weighted by Crippen LogP contribution is 2.38. The van der Waals surface area contributed by atoms with Crippen LogP contribution in [0, 0.1) is 11.6 Å². The molecular weight excluding hydrogens is 639 g/mol. The molecule has 1 aliphatic rings. The summed E-state index contributed by atoms with van der Waals surface area (Å²) in [6.07, 6.45) is 6.47. The number of nitrogens with zero attached hydrogens (tertiary/aromatic N) is 5. The smallest absolute Gasteiger partial charge is 0.141 e. The molecule has 0 unspecified atom stereocenters. The van der Waals surface area contributed by atoms with Gasteiger partial charge in [-0.3, -0.25) is 9.98 Å². The number of halogens is 2. The van der Waals surface area contributed by atoms with Crippen LogP contribution in [0.1, 0.15) is 36.1 Å². The van der Waals surface area contributed by atoms with E-state index in [1.54, 1.807) is 17.6 Å². The summed E-state index contributed by atoms with van der Waals surface area (Å²) in [7, 11) is 1.00. The highest BCUT2D eigenvalue weighted by atomic mass is 32.2. The number of rotatable bonds is 12. The summed E-state index contributed by atoms with van der Waals surface area (Å²) >= 11 is 2.45. The molecule has 248 valence electrons. The Morgan fingerprint density at radius 1 is 1.11 bits per heavy atom. The molecule has 1 aliphatic heterocycles. The average molecular weight is 679 g/mol. The number of hydrogen-bond donors (Lipinski definition) is 4. The van der Waals surface area contributed by atoms with E-state index in [1.807, 2.05) is 48.7 Å². The van der Waals surface area contributed by atoms with Gasteiger partial charge in [0.1, 0.15) is 24.1 Å². The Morgan fingerprint density at radius 2 is 1.89 bits per heavy atom. The van der Waals surface area contributed by atoms with E-state index < -0.39 is 11.6 Å². The number of aromatic nitrogens is 2. The number of nitrogens with one attached hydrogen (secondary N) is 3. The SMILES string of the molecule is C=N/C(=C\C=N/CNc1ccc(N2CCCNCC2)nc1)c1sc(C(C)C)nc1-c1cccc(NSc2c(F)cccc2F)c1.CO. The monoisotopic (exact) mass is 678 g/mol. The van der Waals surface area contributed by atoms with Crippen molar-refractivity contribution < 1.29 is 13.9 Å². The Morgan fingerprint density at radius 3 is 2.62 bits per heavy atom. The molecule has 2 aromatic heterocycles. The molecule has 1 saturated heterocycles. The standard InChI is InChI=1S/C33H36F2N8S2.CH4O/c1-22(2)33-41-30(23-7-4-8-24(19-23)42-45-31-26(34)9-5-10-27(31)35)32(44-33)28(36-3)13-15-38-21-40-25-11-12-29(39-20-25)43-17-6-14-37-16-18-43;1-2/h4-5,7-13,15,19-20,22,37,40,42H,3,6,14,16-18,21H2,1-2H3;2H,1H3/b28-13-,38-15-;. The molecule has 47 heavy (non-hydrogen) atoms. The van der Waals surface area contributed by atoms with Gasteiger partial charge in [0.2, 0.25) is 0 Å². The van der Waals surface area contributed by atoms with Crippen LogP contribution in [-0.2, 0) is 0 Å². The van der Waals surface area contributed by atoms with E-state index in [2.05, 4.69) is 55.8 Å². The van der Waals surface area contributed by atoms with E-state index in [9.17, 15) is 8.78 Å². The minimum Gasteiger partial charge on any atom is -0.400 e. The molecule has 1 fully saturated rings. The van der Waals surface area contributed by atoms with Gasteiger partial charge >= 0.3 is 0 Å². The fourth-order valence-corrected chi connectivity index (χ4v) is 6.40. The molecule has 9 nitrogen and oxygen atoms in total. The number of allylic oxidation sites excluding steroid dienone is 1. The lowest BCUT2D eigenvalue weighted by Gasteiger charge is -2.21. The molecule has 5 rings (SSSR count). The summed E-state index contributed by atoms with van der Waals surface area (Å²) in [5.74, 6) is -0.0428. The van der Waals surface area contributed by atoms with E-state index >= 15 is 0 Å². The topological polar surface area (TPSA) is 110 Å². The van der Waals surface area contributed by atoms with Crippen LogP contribution in [0.5, 0.6) is 0 Å². The normalized spacial score (nSPS) is 13.7. The highest BCUT2D eigenvalue weighted by molar-refractivity contribution is 8.00. The zero-order chi connectivity index (χ0) is 33.6. The summed E-state index contributed by atoms with van der Waals surface area (Å²) in [5, 5.41) is 14.7. The summed E-state index contributed by atoms with van der Waals surface area (Å²) in [6, 6.07) is 15.4. The van der Waals surface area contributed by atoms with Crippen LogP contribution >= 0.6 is 23.3 Å². The van der Waals surface area contributed by atoms with E-state index in [-0.39, 0.29) is 10.8 Å². The van der Waals surface area contributed by atoms with E-state index in [0.717, 1.165) is 84.3 Å². The predicted octanol–water partition coefficient (Wildman–Crippen LogP) is 7.32. The molecule has 0 saturated carbocycles. The Balaban J connectivity index is 0.00000245. The van der Waals surface area contributed by atoms with Gasteiger partial charge in [0, 0.05) is 50.1 Å². The minimum atomic E-state index is -0.619. The number of thiazole rings is 1. The van der Waals surface area contributed by atoms with Gasteiger partial charge in [-0.1, -0.05) is 32.0 Å². The first-order chi connectivity index (χ1) is 22.9. The quantitative estimate of drug-likeness (QED) is 0.0912. The Labute approximate surface area is 283 Å². The Bertz CT molecular complexity index is 1630. The van der Waals surface area contributed by atoms with Crippen LogP contribution < -0.4 is 20.3 Å². The molecular formula is C34H40F2N8OS2. The van der Waals surface area contributed by atoms with Gasteiger partial charge < -0.3 is 25.4 Å². The molecule has 0 spiro atoms. The molecule has 3 heterocycles. The number of hydrogen-bond acceptors (Lipinski definition) is 11.